The van der Waals surface area contributed by atoms with Crippen molar-refractivity contribution in [3.8, 4) is 5.69 Å². The third kappa shape index (κ3) is 4.22. The lowest BCUT2D eigenvalue weighted by Gasteiger charge is -2.17. The van der Waals surface area contributed by atoms with Gasteiger partial charge in [0.1, 0.15) is 0 Å². The Morgan fingerprint density at radius 1 is 1.00 bits per heavy atom. The highest BCUT2D eigenvalue weighted by Crippen LogP contribution is 2.20. The molecule has 8 nitrogen and oxygen atoms in total. The van der Waals surface area contributed by atoms with Crippen LogP contribution < -0.4 is 10.3 Å². The van der Waals surface area contributed by atoms with Gasteiger partial charge in [0.25, 0.3) is 11.6 Å². The molecular formula is C22H21N5O3. The van der Waals surface area contributed by atoms with Crippen LogP contribution in [0.15, 0.2) is 72.0 Å². The van der Waals surface area contributed by atoms with Gasteiger partial charge in [-0.2, -0.15) is 5.10 Å². The number of anilines is 1. The van der Waals surface area contributed by atoms with E-state index in [0.29, 0.717) is 5.56 Å². The Labute approximate surface area is 173 Å². The van der Waals surface area contributed by atoms with Crippen LogP contribution in [0.4, 0.5) is 11.4 Å². The van der Waals surface area contributed by atoms with Crippen LogP contribution in [0.25, 0.3) is 5.69 Å². The Kier molecular flexibility index (Phi) is 5.56. The Morgan fingerprint density at radius 2 is 1.67 bits per heavy atom. The summed E-state index contributed by atoms with van der Waals surface area (Å²) in [5.41, 5.74) is 5.74. The largest absolute Gasteiger partial charge is 0.372 e. The van der Waals surface area contributed by atoms with Gasteiger partial charge in [0.05, 0.1) is 16.8 Å². The second-order valence-corrected chi connectivity index (χ2v) is 7.02. The number of nitrogens with zero attached hydrogens (tertiary/aromatic N) is 4. The summed E-state index contributed by atoms with van der Waals surface area (Å²) in [6.45, 7) is 2.12. The van der Waals surface area contributed by atoms with E-state index in [4.69, 9.17) is 0 Å². The maximum atomic E-state index is 12.4. The lowest BCUT2D eigenvalue weighted by molar-refractivity contribution is -0.384. The van der Waals surface area contributed by atoms with Crippen LogP contribution in [0.1, 0.15) is 28.9 Å². The highest BCUT2D eigenvalue weighted by molar-refractivity contribution is 5.95. The van der Waals surface area contributed by atoms with Crippen LogP contribution in [-0.4, -0.2) is 34.7 Å². The van der Waals surface area contributed by atoms with Crippen LogP contribution in [0.2, 0.25) is 0 Å². The number of nitro benzene ring substituents is 1. The molecule has 1 N–H and O–H groups in total. The van der Waals surface area contributed by atoms with Crippen LogP contribution in [0.5, 0.6) is 0 Å². The number of aromatic nitrogens is 1. The van der Waals surface area contributed by atoms with Gasteiger partial charge in [-0.15, -0.1) is 0 Å². The molecule has 2 aromatic carbocycles. The fourth-order valence-electron chi connectivity index (χ4n) is 3.49. The van der Waals surface area contributed by atoms with Crippen LogP contribution >= 0.6 is 0 Å². The van der Waals surface area contributed by atoms with Crippen molar-refractivity contribution in [2.75, 3.05) is 18.0 Å². The topological polar surface area (TPSA) is 92.8 Å². The number of rotatable bonds is 6. The number of hydrazone groups is 1. The van der Waals surface area contributed by atoms with Gasteiger partial charge in [0, 0.05) is 48.4 Å². The van der Waals surface area contributed by atoms with Gasteiger partial charge in [0.15, 0.2) is 0 Å². The SMILES string of the molecule is O=C(N/N=C\c1cccn1-c1ccc([N+](=O)[O-])cc1)c1ccc(N2CCCC2)cc1. The van der Waals surface area contributed by atoms with Crippen molar-refractivity contribution in [1.82, 2.24) is 9.99 Å². The predicted molar refractivity (Wildman–Crippen MR) is 115 cm³/mol. The number of benzene rings is 2. The van der Waals surface area contributed by atoms with Crippen molar-refractivity contribution in [1.29, 1.82) is 0 Å². The molecular weight excluding hydrogens is 382 g/mol. The minimum absolute atomic E-state index is 0.0316. The fraction of sp³-hybridized carbons (Fsp3) is 0.182. The van der Waals surface area contributed by atoms with Gasteiger partial charge in [-0.25, -0.2) is 5.43 Å². The average molecular weight is 403 g/mol. The lowest BCUT2D eigenvalue weighted by atomic mass is 10.2. The minimum Gasteiger partial charge on any atom is -0.372 e. The predicted octanol–water partition coefficient (Wildman–Crippen LogP) is 3.75. The van der Waals surface area contributed by atoms with Gasteiger partial charge >= 0.3 is 0 Å². The fourth-order valence-corrected chi connectivity index (χ4v) is 3.49. The zero-order chi connectivity index (χ0) is 20.9. The van der Waals surface area contributed by atoms with Crippen LogP contribution in [0, 0.1) is 10.1 Å². The van der Waals surface area contributed by atoms with E-state index >= 15 is 0 Å². The molecule has 4 rings (SSSR count). The molecule has 1 saturated heterocycles. The van der Waals surface area contributed by atoms with E-state index in [1.807, 2.05) is 35.0 Å². The Morgan fingerprint density at radius 3 is 2.33 bits per heavy atom. The molecule has 0 spiro atoms. The van der Waals surface area contributed by atoms with E-state index in [1.54, 1.807) is 24.3 Å². The number of nitrogens with one attached hydrogen (secondary N) is 1. The molecule has 0 atom stereocenters. The van der Waals surface area contributed by atoms with Crippen molar-refractivity contribution in [2.45, 2.75) is 12.8 Å². The molecule has 0 bridgehead atoms. The molecule has 8 heteroatoms. The van der Waals surface area contributed by atoms with Gasteiger partial charge in [-0.1, -0.05) is 0 Å². The number of nitro groups is 1. The lowest BCUT2D eigenvalue weighted by Crippen LogP contribution is -2.19. The number of carbonyl (C=O) groups is 1. The van der Waals surface area contributed by atoms with Crippen LogP contribution in [-0.2, 0) is 0 Å². The highest BCUT2D eigenvalue weighted by atomic mass is 16.6. The first-order chi connectivity index (χ1) is 14.6. The molecule has 1 aliphatic rings. The average Bonchev–Trinajstić information content (AvgIpc) is 3.46. The monoisotopic (exact) mass is 403 g/mol. The molecule has 1 fully saturated rings. The smallest absolute Gasteiger partial charge is 0.271 e. The summed E-state index contributed by atoms with van der Waals surface area (Å²) < 4.78 is 1.82. The first-order valence-electron chi connectivity index (χ1n) is 9.72. The van der Waals surface area contributed by atoms with E-state index in [9.17, 15) is 14.9 Å². The second kappa shape index (κ2) is 8.60. The number of non-ortho nitro benzene ring substituents is 1. The van der Waals surface area contributed by atoms with Crippen molar-refractivity contribution in [3.05, 3.63) is 88.2 Å². The Bertz CT molecular complexity index is 1060. The van der Waals surface area contributed by atoms with Crippen molar-refractivity contribution >= 4 is 23.5 Å². The van der Waals surface area contributed by atoms with Crippen molar-refractivity contribution in [2.24, 2.45) is 5.10 Å². The number of hydrogen-bond donors (Lipinski definition) is 1. The molecule has 0 aliphatic carbocycles. The number of amides is 1. The van der Waals surface area contributed by atoms with E-state index in [2.05, 4.69) is 15.4 Å². The maximum Gasteiger partial charge on any atom is 0.271 e. The first kappa shape index (κ1) is 19.4. The molecule has 0 saturated carbocycles. The van der Waals surface area contributed by atoms with E-state index in [-0.39, 0.29) is 11.6 Å². The molecule has 3 aromatic rings. The first-order valence-corrected chi connectivity index (χ1v) is 9.72. The third-order valence-corrected chi connectivity index (χ3v) is 5.08. The van der Waals surface area contributed by atoms with Gasteiger partial charge in [-0.3, -0.25) is 14.9 Å². The summed E-state index contributed by atoms with van der Waals surface area (Å²) in [7, 11) is 0. The molecule has 1 aliphatic heterocycles. The molecule has 30 heavy (non-hydrogen) atoms. The molecule has 2 heterocycles. The van der Waals surface area contributed by atoms with Gasteiger partial charge in [0.2, 0.25) is 0 Å². The normalized spacial score (nSPS) is 13.7. The van der Waals surface area contributed by atoms with E-state index in [1.165, 1.54) is 31.2 Å². The standard InChI is InChI=1S/C22H21N5O3/c28-22(17-5-7-18(8-6-17)25-13-1-2-14-25)24-23-16-21-4-3-15-26(21)19-9-11-20(12-10-19)27(29)30/h3-12,15-16H,1-2,13-14H2,(H,24,28)/b23-16-. The quantitative estimate of drug-likeness (QED) is 0.385. The number of carbonyl (C=O) groups excluding carboxylic acids is 1. The third-order valence-electron chi connectivity index (χ3n) is 5.08. The van der Waals surface area contributed by atoms with Crippen molar-refractivity contribution in [3.63, 3.8) is 0 Å². The van der Waals surface area contributed by atoms with Gasteiger partial charge in [-0.05, 0) is 61.4 Å². The molecule has 152 valence electrons. The summed E-state index contributed by atoms with van der Waals surface area (Å²) >= 11 is 0. The van der Waals surface area contributed by atoms with Crippen LogP contribution in [0.3, 0.4) is 0 Å². The molecule has 0 unspecified atom stereocenters. The zero-order valence-corrected chi connectivity index (χ0v) is 16.3. The summed E-state index contributed by atoms with van der Waals surface area (Å²) in [6.07, 6.45) is 5.77. The number of hydrogen-bond acceptors (Lipinski definition) is 5. The molecule has 1 amide bonds. The maximum absolute atomic E-state index is 12.4. The van der Waals surface area contributed by atoms with E-state index < -0.39 is 4.92 Å². The summed E-state index contributed by atoms with van der Waals surface area (Å²) in [5, 5.41) is 14.9. The van der Waals surface area contributed by atoms with Gasteiger partial charge < -0.3 is 9.47 Å². The summed E-state index contributed by atoms with van der Waals surface area (Å²) in [5.74, 6) is -0.285. The summed E-state index contributed by atoms with van der Waals surface area (Å²) in [6, 6.07) is 17.4. The zero-order valence-electron chi connectivity index (χ0n) is 16.3. The van der Waals surface area contributed by atoms with E-state index in [0.717, 1.165) is 30.2 Å². The van der Waals surface area contributed by atoms with Crippen molar-refractivity contribution < 1.29 is 9.72 Å². The summed E-state index contributed by atoms with van der Waals surface area (Å²) in [4.78, 5) is 25.0. The minimum atomic E-state index is -0.436. The molecule has 1 aromatic heterocycles. The highest BCUT2D eigenvalue weighted by Gasteiger charge is 2.13. The Hall–Kier alpha value is -3.94. The Balaban J connectivity index is 1.40. The second-order valence-electron chi connectivity index (χ2n) is 7.02. The molecule has 0 radical (unpaired) electrons.